The lowest BCUT2D eigenvalue weighted by molar-refractivity contribution is -0.385. The fourth-order valence-corrected chi connectivity index (χ4v) is 7.43. The average molecular weight is 561 g/mol. The molecular weight excluding hydrogens is 524 g/mol. The summed E-state index contributed by atoms with van der Waals surface area (Å²) in [6, 6.07) is 12.6. The summed E-state index contributed by atoms with van der Waals surface area (Å²) in [5, 5.41) is 19.2. The quantitative estimate of drug-likeness (QED) is 0.215. The number of rotatable bonds is 11. The number of nitro groups is 1. The van der Waals surface area contributed by atoms with Gasteiger partial charge in [-0.3, -0.25) is 19.6 Å². The van der Waals surface area contributed by atoms with Crippen molar-refractivity contribution in [1.82, 2.24) is 9.78 Å². The van der Waals surface area contributed by atoms with Gasteiger partial charge in [-0.05, 0) is 112 Å². The Morgan fingerprint density at radius 2 is 1.61 bits per heavy atom. The van der Waals surface area contributed by atoms with E-state index >= 15 is 0 Å². The third kappa shape index (κ3) is 5.47. The van der Waals surface area contributed by atoms with Gasteiger partial charge in [-0.25, -0.2) is 0 Å². The number of ether oxygens (including phenoxy) is 3. The first kappa shape index (κ1) is 27.1. The second kappa shape index (κ2) is 11.1. The van der Waals surface area contributed by atoms with Crippen LogP contribution in [0.2, 0.25) is 0 Å². The third-order valence-corrected chi connectivity index (χ3v) is 8.72. The Hall–Kier alpha value is -4.08. The van der Waals surface area contributed by atoms with Crippen molar-refractivity contribution < 1.29 is 23.9 Å². The van der Waals surface area contributed by atoms with Crippen molar-refractivity contribution in [2.75, 3.05) is 18.5 Å². The van der Waals surface area contributed by atoms with Gasteiger partial charge < -0.3 is 19.5 Å². The van der Waals surface area contributed by atoms with E-state index < -0.39 is 10.8 Å². The molecule has 1 aromatic heterocycles. The zero-order valence-electron chi connectivity index (χ0n) is 23.5. The van der Waals surface area contributed by atoms with Gasteiger partial charge in [0.05, 0.1) is 23.7 Å². The van der Waals surface area contributed by atoms with Crippen LogP contribution in [0, 0.1) is 27.9 Å². The fraction of sp³-hybridized carbons (Fsp3) is 0.484. The molecule has 0 aliphatic heterocycles. The summed E-state index contributed by atoms with van der Waals surface area (Å²) in [5.41, 5.74) is 0.827. The average Bonchev–Trinajstić information content (AvgIpc) is 3.41. The molecule has 1 N–H and O–H groups in total. The minimum atomic E-state index is -0.591. The Kier molecular flexibility index (Phi) is 7.32. The van der Waals surface area contributed by atoms with Gasteiger partial charge in [-0.1, -0.05) is 6.07 Å². The van der Waals surface area contributed by atoms with E-state index in [0.29, 0.717) is 60.5 Å². The number of hydrogen-bond acceptors (Lipinski definition) is 7. The van der Waals surface area contributed by atoms with Crippen molar-refractivity contribution in [2.45, 2.75) is 64.5 Å². The fourth-order valence-electron chi connectivity index (χ4n) is 7.43. The first-order valence-corrected chi connectivity index (χ1v) is 14.5. The molecule has 10 nitrogen and oxygen atoms in total. The van der Waals surface area contributed by atoms with Gasteiger partial charge >= 0.3 is 5.69 Å². The van der Waals surface area contributed by atoms with Crippen LogP contribution in [0.1, 0.15) is 68.4 Å². The predicted molar refractivity (Wildman–Crippen MR) is 153 cm³/mol. The minimum Gasteiger partial charge on any atom is -0.490 e. The van der Waals surface area contributed by atoms with Crippen LogP contribution in [-0.2, 0) is 12.1 Å². The van der Waals surface area contributed by atoms with Gasteiger partial charge in [0, 0.05) is 5.69 Å². The van der Waals surface area contributed by atoms with Gasteiger partial charge in [0.2, 0.25) is 5.69 Å². The summed E-state index contributed by atoms with van der Waals surface area (Å²) in [6.07, 6.45) is 8.22. The van der Waals surface area contributed by atoms with Crippen molar-refractivity contribution in [3.05, 3.63) is 70.0 Å². The molecule has 0 saturated heterocycles. The highest BCUT2D eigenvalue weighted by molar-refractivity contribution is 6.05. The molecule has 1 heterocycles. The number of nitrogens with one attached hydrogen (secondary N) is 1. The monoisotopic (exact) mass is 560 g/mol. The maximum absolute atomic E-state index is 13.2. The van der Waals surface area contributed by atoms with Crippen molar-refractivity contribution in [3.63, 3.8) is 0 Å². The van der Waals surface area contributed by atoms with E-state index in [0.717, 1.165) is 24.8 Å². The van der Waals surface area contributed by atoms with Crippen LogP contribution in [-0.4, -0.2) is 33.8 Å². The Balaban J connectivity index is 1.12. The lowest BCUT2D eigenvalue weighted by atomic mass is 9.53. The SMILES string of the molecule is CCOc1ccc(COc2ccc(NC(=O)c3nn(C45CC6CC(CC(C6)C4)C5)cc3[N+](=O)[O-])cc2)cc1OCC. The van der Waals surface area contributed by atoms with Crippen LogP contribution in [0.15, 0.2) is 48.7 Å². The van der Waals surface area contributed by atoms with E-state index in [1.165, 1.54) is 25.5 Å². The van der Waals surface area contributed by atoms with E-state index in [-0.39, 0.29) is 16.9 Å². The Morgan fingerprint density at radius 3 is 2.22 bits per heavy atom. The molecule has 0 atom stereocenters. The van der Waals surface area contributed by atoms with Crippen LogP contribution in [0.5, 0.6) is 17.2 Å². The highest BCUT2D eigenvalue weighted by Gasteiger charge is 2.53. The number of carbonyl (C=O) groups excluding carboxylic acids is 1. The summed E-state index contributed by atoms with van der Waals surface area (Å²) in [6.45, 7) is 5.26. The number of carbonyl (C=O) groups is 1. The standard InChI is InChI=1S/C31H36N4O6/c1-3-39-27-10-5-20(14-28(27)40-4-2)19-41-25-8-6-24(7-9-25)32-30(36)29-26(35(37)38)18-34(33-29)31-15-21-11-22(16-31)13-23(12-21)17-31/h5-10,14,18,21-23H,3-4,11-13,15-17,19H2,1-2H3,(H,32,36). The van der Waals surface area contributed by atoms with Gasteiger partial charge in [0.15, 0.2) is 11.5 Å². The minimum absolute atomic E-state index is 0.147. The molecule has 2 aromatic carbocycles. The topological polar surface area (TPSA) is 118 Å². The molecule has 10 heteroatoms. The molecular formula is C31H36N4O6. The zero-order valence-corrected chi connectivity index (χ0v) is 23.5. The number of nitrogens with zero attached hydrogens (tertiary/aromatic N) is 3. The molecule has 7 rings (SSSR count). The maximum Gasteiger partial charge on any atom is 0.320 e. The molecule has 3 aromatic rings. The Labute approximate surface area is 239 Å². The molecule has 4 aliphatic rings. The van der Waals surface area contributed by atoms with Crippen LogP contribution in [0.25, 0.3) is 0 Å². The molecule has 4 saturated carbocycles. The number of benzene rings is 2. The molecule has 0 unspecified atom stereocenters. The summed E-state index contributed by atoms with van der Waals surface area (Å²) in [7, 11) is 0. The molecule has 4 aliphatic carbocycles. The number of hydrogen-bond donors (Lipinski definition) is 1. The number of amides is 1. The summed E-state index contributed by atoms with van der Waals surface area (Å²) >= 11 is 0. The van der Waals surface area contributed by atoms with Crippen LogP contribution < -0.4 is 19.5 Å². The molecule has 1 amide bonds. The number of anilines is 1. The molecule has 4 bridgehead atoms. The first-order chi connectivity index (χ1) is 19.9. The zero-order chi connectivity index (χ0) is 28.6. The summed E-state index contributed by atoms with van der Waals surface area (Å²) < 4.78 is 19.0. The Morgan fingerprint density at radius 1 is 0.976 bits per heavy atom. The van der Waals surface area contributed by atoms with Crippen molar-refractivity contribution >= 4 is 17.3 Å². The summed E-state index contributed by atoms with van der Waals surface area (Å²) in [4.78, 5) is 24.6. The van der Waals surface area contributed by atoms with Crippen molar-refractivity contribution in [1.29, 1.82) is 0 Å². The largest absolute Gasteiger partial charge is 0.490 e. The lowest BCUT2D eigenvalue weighted by Crippen LogP contribution is -2.52. The van der Waals surface area contributed by atoms with E-state index in [2.05, 4.69) is 10.4 Å². The molecule has 216 valence electrons. The van der Waals surface area contributed by atoms with Crippen LogP contribution in [0.4, 0.5) is 11.4 Å². The van der Waals surface area contributed by atoms with Crippen LogP contribution >= 0.6 is 0 Å². The van der Waals surface area contributed by atoms with Gasteiger partial charge in [0.1, 0.15) is 18.6 Å². The normalized spacial score (nSPS) is 24.2. The maximum atomic E-state index is 13.2. The highest BCUT2D eigenvalue weighted by atomic mass is 16.6. The molecule has 4 fully saturated rings. The van der Waals surface area contributed by atoms with Gasteiger partial charge in [-0.15, -0.1) is 0 Å². The molecule has 0 radical (unpaired) electrons. The molecule has 41 heavy (non-hydrogen) atoms. The van der Waals surface area contributed by atoms with Crippen molar-refractivity contribution in [2.24, 2.45) is 17.8 Å². The number of aromatic nitrogens is 2. The second-order valence-electron chi connectivity index (χ2n) is 11.6. The lowest BCUT2D eigenvalue weighted by Gasteiger charge is -2.56. The van der Waals surface area contributed by atoms with E-state index in [1.807, 2.05) is 32.0 Å². The van der Waals surface area contributed by atoms with Gasteiger partial charge in [0.25, 0.3) is 5.91 Å². The van der Waals surface area contributed by atoms with Crippen LogP contribution in [0.3, 0.4) is 0 Å². The first-order valence-electron chi connectivity index (χ1n) is 14.5. The van der Waals surface area contributed by atoms with E-state index in [1.54, 1.807) is 28.9 Å². The van der Waals surface area contributed by atoms with Crippen molar-refractivity contribution in [3.8, 4) is 17.2 Å². The van der Waals surface area contributed by atoms with Gasteiger partial charge in [-0.2, -0.15) is 5.10 Å². The van der Waals surface area contributed by atoms with E-state index in [4.69, 9.17) is 14.2 Å². The highest BCUT2D eigenvalue weighted by Crippen LogP contribution is 2.58. The smallest absolute Gasteiger partial charge is 0.320 e. The van der Waals surface area contributed by atoms with E-state index in [9.17, 15) is 14.9 Å². The second-order valence-corrected chi connectivity index (χ2v) is 11.6. The third-order valence-electron chi connectivity index (χ3n) is 8.72. The summed E-state index contributed by atoms with van der Waals surface area (Å²) in [5.74, 6) is 3.36. The Bertz CT molecular complexity index is 1400. The predicted octanol–water partition coefficient (Wildman–Crippen LogP) is 6.35. The molecule has 0 spiro atoms.